The Morgan fingerprint density at radius 3 is 2.17 bits per heavy atom. The summed E-state index contributed by atoms with van der Waals surface area (Å²) < 4.78 is 5.58. The van der Waals surface area contributed by atoms with Crippen LogP contribution < -0.4 is 5.32 Å². The molecule has 2 aromatic carbocycles. The predicted molar refractivity (Wildman–Crippen MR) is 134 cm³/mol. The second-order valence-corrected chi connectivity index (χ2v) is 9.28. The largest absolute Gasteiger partial charge is 0.480 e. The SMILES string of the molecule is CC(CCCC(=O)N(CCN(C)C)CC(=O)O)NC(=O)OCC1c2ccccc2-c2ccccc21. The summed E-state index contributed by atoms with van der Waals surface area (Å²) in [5, 5.41) is 11.9. The molecule has 1 atom stereocenters. The van der Waals surface area contributed by atoms with Crippen molar-refractivity contribution in [1.29, 1.82) is 0 Å². The van der Waals surface area contributed by atoms with Crippen molar-refractivity contribution in [1.82, 2.24) is 15.1 Å². The zero-order chi connectivity index (χ0) is 25.4. The number of aliphatic carboxylic acids is 1. The first-order valence-corrected chi connectivity index (χ1v) is 12.0. The standard InChI is InChI=1S/C27H35N3O5/c1-19(9-8-14-25(31)30(17-26(32)33)16-15-29(2)3)28-27(34)35-18-24-22-12-6-4-10-20(22)21-11-5-7-13-23(21)24/h4-7,10-13,19,24H,8-9,14-18H2,1-3H3,(H,28,34)(H,32,33). The van der Waals surface area contributed by atoms with Gasteiger partial charge in [-0.1, -0.05) is 48.5 Å². The number of amides is 2. The minimum Gasteiger partial charge on any atom is -0.480 e. The lowest BCUT2D eigenvalue weighted by Crippen LogP contribution is -2.40. The van der Waals surface area contributed by atoms with E-state index >= 15 is 0 Å². The van der Waals surface area contributed by atoms with Crippen LogP contribution in [0, 0.1) is 0 Å². The normalized spacial score (nSPS) is 13.1. The predicted octanol–water partition coefficient (Wildman–Crippen LogP) is 3.56. The lowest BCUT2D eigenvalue weighted by molar-refractivity contribution is -0.144. The second-order valence-electron chi connectivity index (χ2n) is 9.28. The molecule has 0 saturated carbocycles. The van der Waals surface area contributed by atoms with Gasteiger partial charge in [-0.25, -0.2) is 4.79 Å². The summed E-state index contributed by atoms with van der Waals surface area (Å²) in [6.45, 7) is 2.78. The summed E-state index contributed by atoms with van der Waals surface area (Å²) in [5.74, 6) is -1.21. The van der Waals surface area contributed by atoms with Crippen LogP contribution in [-0.4, -0.2) is 79.3 Å². The fraction of sp³-hybridized carbons (Fsp3) is 0.444. The molecule has 0 bridgehead atoms. The molecule has 0 spiro atoms. The van der Waals surface area contributed by atoms with Gasteiger partial charge in [0.15, 0.2) is 0 Å². The number of carboxylic acids is 1. The van der Waals surface area contributed by atoms with Crippen LogP contribution in [0.4, 0.5) is 4.79 Å². The maximum atomic E-state index is 12.5. The number of alkyl carbamates (subject to hydrolysis) is 1. The van der Waals surface area contributed by atoms with Gasteiger partial charge in [0.25, 0.3) is 0 Å². The molecule has 0 saturated heterocycles. The molecule has 2 aromatic rings. The summed E-state index contributed by atoms with van der Waals surface area (Å²) in [6, 6.07) is 16.2. The zero-order valence-electron chi connectivity index (χ0n) is 20.7. The zero-order valence-corrected chi connectivity index (χ0v) is 20.7. The van der Waals surface area contributed by atoms with Gasteiger partial charge in [-0.05, 0) is 56.1 Å². The first kappa shape index (κ1) is 26.2. The molecule has 0 radical (unpaired) electrons. The average Bonchev–Trinajstić information content (AvgIpc) is 3.13. The van der Waals surface area contributed by atoms with Gasteiger partial charge in [-0.3, -0.25) is 9.59 Å². The van der Waals surface area contributed by atoms with Crippen molar-refractivity contribution in [2.45, 2.75) is 38.1 Å². The minimum atomic E-state index is -1.03. The Hall–Kier alpha value is -3.39. The fourth-order valence-electron chi connectivity index (χ4n) is 4.41. The number of hydrogen-bond donors (Lipinski definition) is 2. The van der Waals surface area contributed by atoms with E-state index in [2.05, 4.69) is 29.6 Å². The number of carbonyl (C=O) groups excluding carboxylic acids is 2. The molecule has 0 aromatic heterocycles. The molecule has 1 aliphatic rings. The third-order valence-electron chi connectivity index (χ3n) is 6.23. The van der Waals surface area contributed by atoms with Gasteiger partial charge in [0.1, 0.15) is 13.2 Å². The first-order chi connectivity index (χ1) is 16.8. The number of carboxylic acid groups (broad SMARTS) is 1. The lowest BCUT2D eigenvalue weighted by Gasteiger charge is -2.23. The molecule has 2 N–H and O–H groups in total. The Labute approximate surface area is 206 Å². The molecule has 8 heteroatoms. The first-order valence-electron chi connectivity index (χ1n) is 12.0. The van der Waals surface area contributed by atoms with Crippen molar-refractivity contribution in [2.24, 2.45) is 0 Å². The molecular formula is C27H35N3O5. The van der Waals surface area contributed by atoms with Crippen molar-refractivity contribution >= 4 is 18.0 Å². The van der Waals surface area contributed by atoms with E-state index in [4.69, 9.17) is 9.84 Å². The van der Waals surface area contributed by atoms with E-state index in [1.54, 1.807) is 0 Å². The Kier molecular flexibility index (Phi) is 9.25. The summed E-state index contributed by atoms with van der Waals surface area (Å²) in [5.41, 5.74) is 4.68. The molecule has 3 rings (SSSR count). The third kappa shape index (κ3) is 7.29. The number of benzene rings is 2. The van der Waals surface area contributed by atoms with Gasteiger partial charge in [-0.15, -0.1) is 0 Å². The molecule has 1 aliphatic carbocycles. The summed E-state index contributed by atoms with van der Waals surface area (Å²) >= 11 is 0. The van der Waals surface area contributed by atoms with E-state index in [1.807, 2.05) is 50.2 Å². The number of carbonyl (C=O) groups is 3. The van der Waals surface area contributed by atoms with Crippen LogP contribution in [0.2, 0.25) is 0 Å². The van der Waals surface area contributed by atoms with Crippen molar-refractivity contribution in [3.8, 4) is 11.1 Å². The van der Waals surface area contributed by atoms with Gasteiger partial charge in [-0.2, -0.15) is 0 Å². The Balaban J connectivity index is 1.44. The van der Waals surface area contributed by atoms with Crippen molar-refractivity contribution in [2.75, 3.05) is 40.3 Å². The lowest BCUT2D eigenvalue weighted by atomic mass is 9.98. The third-order valence-corrected chi connectivity index (χ3v) is 6.23. The van der Waals surface area contributed by atoms with E-state index < -0.39 is 12.1 Å². The number of nitrogens with zero attached hydrogens (tertiary/aromatic N) is 2. The molecule has 0 aliphatic heterocycles. The molecule has 8 nitrogen and oxygen atoms in total. The van der Waals surface area contributed by atoms with Gasteiger partial charge in [0, 0.05) is 31.5 Å². The van der Waals surface area contributed by atoms with E-state index in [9.17, 15) is 14.4 Å². The fourth-order valence-corrected chi connectivity index (χ4v) is 4.41. The highest BCUT2D eigenvalue weighted by Crippen LogP contribution is 2.44. The van der Waals surface area contributed by atoms with E-state index in [1.165, 1.54) is 16.0 Å². The van der Waals surface area contributed by atoms with Crippen molar-refractivity contribution in [3.05, 3.63) is 59.7 Å². The smallest absolute Gasteiger partial charge is 0.407 e. The number of rotatable bonds is 12. The van der Waals surface area contributed by atoms with E-state index in [-0.39, 0.29) is 37.4 Å². The average molecular weight is 482 g/mol. The number of nitrogens with one attached hydrogen (secondary N) is 1. The van der Waals surface area contributed by atoms with Gasteiger partial charge < -0.3 is 25.0 Å². The van der Waals surface area contributed by atoms with Crippen molar-refractivity contribution in [3.63, 3.8) is 0 Å². The topological polar surface area (TPSA) is 99.2 Å². The molecule has 0 heterocycles. The van der Waals surface area contributed by atoms with Crippen LogP contribution >= 0.6 is 0 Å². The molecule has 2 amide bonds. The number of likely N-dealkylation sites (N-methyl/N-ethyl adjacent to an activating group) is 1. The highest BCUT2D eigenvalue weighted by Gasteiger charge is 2.29. The Morgan fingerprint density at radius 1 is 1.00 bits per heavy atom. The van der Waals surface area contributed by atoms with Crippen LogP contribution in [0.5, 0.6) is 0 Å². The van der Waals surface area contributed by atoms with Crippen LogP contribution in [0.1, 0.15) is 43.2 Å². The number of hydrogen-bond acceptors (Lipinski definition) is 5. The van der Waals surface area contributed by atoms with Crippen LogP contribution in [-0.2, 0) is 14.3 Å². The van der Waals surface area contributed by atoms with Crippen LogP contribution in [0.3, 0.4) is 0 Å². The number of fused-ring (bicyclic) bond motifs is 3. The van der Waals surface area contributed by atoms with Crippen LogP contribution in [0.15, 0.2) is 48.5 Å². The second kappa shape index (κ2) is 12.4. The molecule has 35 heavy (non-hydrogen) atoms. The van der Waals surface area contributed by atoms with Crippen molar-refractivity contribution < 1.29 is 24.2 Å². The van der Waals surface area contributed by atoms with Gasteiger partial charge in [0.05, 0.1) is 0 Å². The molecule has 0 fully saturated rings. The summed E-state index contributed by atoms with van der Waals surface area (Å²) in [7, 11) is 3.75. The maximum Gasteiger partial charge on any atom is 0.407 e. The number of ether oxygens (including phenoxy) is 1. The molecule has 1 unspecified atom stereocenters. The molecule has 188 valence electrons. The molecular weight excluding hydrogens is 446 g/mol. The summed E-state index contributed by atoms with van der Waals surface area (Å²) in [4.78, 5) is 39.3. The van der Waals surface area contributed by atoms with Gasteiger partial charge >= 0.3 is 12.1 Å². The quantitative estimate of drug-likeness (QED) is 0.481. The highest BCUT2D eigenvalue weighted by atomic mass is 16.5. The Bertz CT molecular complexity index is 993. The van der Waals surface area contributed by atoms with Crippen LogP contribution in [0.25, 0.3) is 11.1 Å². The Morgan fingerprint density at radius 2 is 1.60 bits per heavy atom. The monoisotopic (exact) mass is 481 g/mol. The maximum absolute atomic E-state index is 12.5. The van der Waals surface area contributed by atoms with Gasteiger partial charge in [0.2, 0.25) is 5.91 Å². The van der Waals surface area contributed by atoms with E-state index in [0.717, 1.165) is 11.1 Å². The minimum absolute atomic E-state index is 0.00321. The summed E-state index contributed by atoms with van der Waals surface area (Å²) in [6.07, 6.45) is 0.883. The van der Waals surface area contributed by atoms with E-state index in [0.29, 0.717) is 25.9 Å². The highest BCUT2D eigenvalue weighted by molar-refractivity contribution is 5.81.